The Morgan fingerprint density at radius 2 is 1.74 bits per heavy atom. The molecule has 0 radical (unpaired) electrons. The van der Waals surface area contributed by atoms with Crippen LogP contribution in [-0.2, 0) is 9.73 Å². The van der Waals surface area contributed by atoms with Crippen molar-refractivity contribution >= 4 is 38.2 Å². The Labute approximate surface area is 223 Å². The largest absolute Gasteiger partial charge is 0.324 e. The van der Waals surface area contributed by atoms with E-state index in [1.165, 1.54) is 36.9 Å². The molecule has 196 valence electrons. The topological polar surface area (TPSA) is 97.1 Å². The molecule has 2 atom stereocenters. The van der Waals surface area contributed by atoms with Crippen molar-refractivity contribution in [1.82, 2.24) is 24.8 Å². The van der Waals surface area contributed by atoms with E-state index >= 15 is 0 Å². The Kier molecular flexibility index (Phi) is 5.74. The van der Waals surface area contributed by atoms with Crippen molar-refractivity contribution in [3.8, 4) is 5.82 Å². The fourth-order valence-corrected chi connectivity index (χ4v) is 6.65. The highest BCUT2D eigenvalue weighted by atomic mass is 32.2. The molecule has 0 spiro atoms. The van der Waals surface area contributed by atoms with Crippen LogP contribution in [0.1, 0.15) is 61.6 Å². The average molecular weight is 528 g/mol. The van der Waals surface area contributed by atoms with E-state index in [1.807, 2.05) is 18.3 Å². The first-order valence-electron chi connectivity index (χ1n) is 13.5. The van der Waals surface area contributed by atoms with Crippen molar-refractivity contribution < 1.29 is 4.21 Å². The normalized spacial score (nSPS) is 23.1. The maximum absolute atomic E-state index is 12.3. The second-order valence-corrected chi connectivity index (χ2v) is 13.9. The third kappa shape index (κ3) is 4.80. The molecule has 1 saturated carbocycles. The van der Waals surface area contributed by atoms with Crippen molar-refractivity contribution in [2.75, 3.05) is 17.8 Å². The van der Waals surface area contributed by atoms with Crippen LogP contribution in [0, 0.1) is 0 Å². The summed E-state index contributed by atoms with van der Waals surface area (Å²) in [6.45, 7) is 0. The first-order valence-corrected chi connectivity index (χ1v) is 15.9. The summed E-state index contributed by atoms with van der Waals surface area (Å²) in [4.78, 5) is 14.3. The van der Waals surface area contributed by atoms with Crippen LogP contribution in [0.3, 0.4) is 0 Å². The van der Waals surface area contributed by atoms with E-state index in [-0.39, 0.29) is 0 Å². The highest BCUT2D eigenvalue weighted by molar-refractivity contribution is 7.92. The van der Waals surface area contributed by atoms with E-state index in [4.69, 9.17) is 9.97 Å². The molecule has 2 unspecified atom stereocenters. The molecule has 1 aliphatic carbocycles. The lowest BCUT2D eigenvalue weighted by Gasteiger charge is -2.29. The summed E-state index contributed by atoms with van der Waals surface area (Å²) in [5, 5.41) is 8.12. The minimum atomic E-state index is -2.31. The van der Waals surface area contributed by atoms with E-state index in [0.29, 0.717) is 35.7 Å². The van der Waals surface area contributed by atoms with E-state index in [9.17, 15) is 4.21 Å². The molecule has 38 heavy (non-hydrogen) atoms. The smallest absolute Gasteiger partial charge is 0.229 e. The fraction of sp³-hybridized carbons (Fsp3) is 0.414. The van der Waals surface area contributed by atoms with Crippen LogP contribution < -0.4 is 10.6 Å². The summed E-state index contributed by atoms with van der Waals surface area (Å²) in [6, 6.07) is 18.0. The number of hydrogen-bond donors (Lipinski definition) is 2. The maximum atomic E-state index is 12.3. The van der Waals surface area contributed by atoms with Gasteiger partial charge in [-0.1, -0.05) is 18.2 Å². The highest BCUT2D eigenvalue weighted by Crippen LogP contribution is 2.43. The van der Waals surface area contributed by atoms with Crippen LogP contribution in [0.25, 0.3) is 16.9 Å². The standard InChI is InChI=1S/C29H33N7OS/c1-38(2,37)35-26-4-3-5-27(33-26)36-25(19-6-7-19)16-21-17-30-29(34-28(21)36)32-22-10-8-18(9-11-22)20-14-23-12-13-24(15-20)31-23/h3-5,8-11,16-17,19-20,23-24,31H,6-7,12-15H2,1-2H3,(H,30,32,34). The fourth-order valence-electron chi connectivity index (χ4n) is 6.10. The van der Waals surface area contributed by atoms with Crippen LogP contribution in [-0.4, -0.2) is 48.3 Å². The van der Waals surface area contributed by atoms with Gasteiger partial charge in [0.25, 0.3) is 0 Å². The molecule has 9 heteroatoms. The van der Waals surface area contributed by atoms with E-state index in [1.54, 1.807) is 18.6 Å². The predicted molar refractivity (Wildman–Crippen MR) is 152 cm³/mol. The summed E-state index contributed by atoms with van der Waals surface area (Å²) < 4.78 is 18.7. The number of pyridine rings is 1. The van der Waals surface area contributed by atoms with Crippen LogP contribution in [0.5, 0.6) is 0 Å². The minimum Gasteiger partial charge on any atom is -0.324 e. The van der Waals surface area contributed by atoms with Crippen LogP contribution in [0.4, 0.5) is 17.5 Å². The third-order valence-corrected chi connectivity index (χ3v) is 8.57. The Balaban J connectivity index is 1.19. The Hall–Kier alpha value is -3.30. The molecule has 2 bridgehead atoms. The van der Waals surface area contributed by atoms with Crippen molar-refractivity contribution in [1.29, 1.82) is 0 Å². The third-order valence-electron chi connectivity index (χ3n) is 7.94. The van der Waals surface area contributed by atoms with Crippen molar-refractivity contribution in [2.24, 2.45) is 4.36 Å². The van der Waals surface area contributed by atoms with Crippen LogP contribution in [0.15, 0.2) is 59.1 Å². The van der Waals surface area contributed by atoms with Crippen molar-refractivity contribution in [3.05, 3.63) is 66.0 Å². The molecule has 3 fully saturated rings. The van der Waals surface area contributed by atoms with Gasteiger partial charge in [-0.2, -0.15) is 9.35 Å². The van der Waals surface area contributed by atoms with Crippen molar-refractivity contribution in [2.45, 2.75) is 62.4 Å². The second-order valence-electron chi connectivity index (χ2n) is 11.3. The van der Waals surface area contributed by atoms with E-state index in [0.717, 1.165) is 35.4 Å². The molecule has 4 aromatic rings. The van der Waals surface area contributed by atoms with Gasteiger partial charge in [0, 0.05) is 57.3 Å². The number of nitrogens with zero attached hydrogens (tertiary/aromatic N) is 5. The average Bonchev–Trinajstić information content (AvgIpc) is 3.59. The van der Waals surface area contributed by atoms with Gasteiger partial charge >= 0.3 is 0 Å². The van der Waals surface area contributed by atoms with Crippen LogP contribution >= 0.6 is 0 Å². The Morgan fingerprint density at radius 1 is 0.974 bits per heavy atom. The first kappa shape index (κ1) is 23.8. The number of benzene rings is 1. The van der Waals surface area contributed by atoms with Gasteiger partial charge in [0.2, 0.25) is 5.95 Å². The van der Waals surface area contributed by atoms with Gasteiger partial charge in [0.1, 0.15) is 5.82 Å². The van der Waals surface area contributed by atoms with Gasteiger partial charge in [-0.15, -0.1) is 0 Å². The van der Waals surface area contributed by atoms with Gasteiger partial charge in [-0.05, 0) is 86.3 Å². The summed E-state index contributed by atoms with van der Waals surface area (Å²) in [6.07, 6.45) is 12.5. The monoisotopic (exact) mass is 527 g/mol. The molecule has 2 saturated heterocycles. The Morgan fingerprint density at radius 3 is 2.45 bits per heavy atom. The zero-order valence-electron chi connectivity index (χ0n) is 21.8. The number of fused-ring (bicyclic) bond motifs is 3. The highest BCUT2D eigenvalue weighted by Gasteiger charge is 2.34. The molecule has 1 aromatic carbocycles. The number of piperidine rings is 1. The molecule has 8 nitrogen and oxygen atoms in total. The van der Waals surface area contributed by atoms with Gasteiger partial charge in [0.05, 0.1) is 0 Å². The minimum absolute atomic E-state index is 0.468. The molecular weight excluding hydrogens is 494 g/mol. The lowest BCUT2D eigenvalue weighted by atomic mass is 9.86. The number of hydrogen-bond acceptors (Lipinski definition) is 7. The predicted octanol–water partition coefficient (Wildman–Crippen LogP) is 5.79. The number of aromatic nitrogens is 4. The number of rotatable bonds is 6. The van der Waals surface area contributed by atoms with Crippen molar-refractivity contribution in [3.63, 3.8) is 0 Å². The molecule has 0 amide bonds. The number of nitrogens with one attached hydrogen (secondary N) is 2. The zero-order chi connectivity index (χ0) is 25.9. The van der Waals surface area contributed by atoms with Crippen LogP contribution in [0.2, 0.25) is 0 Å². The van der Waals surface area contributed by atoms with Gasteiger partial charge in [-0.3, -0.25) is 4.57 Å². The molecule has 5 heterocycles. The molecule has 2 aliphatic heterocycles. The van der Waals surface area contributed by atoms with E-state index in [2.05, 4.69) is 54.9 Å². The van der Waals surface area contributed by atoms with Gasteiger partial charge < -0.3 is 10.6 Å². The lowest BCUT2D eigenvalue weighted by molar-refractivity contribution is 0.363. The quantitative estimate of drug-likeness (QED) is 0.329. The lowest BCUT2D eigenvalue weighted by Crippen LogP contribution is -2.37. The summed E-state index contributed by atoms with van der Waals surface area (Å²) in [7, 11) is -2.31. The molecule has 7 rings (SSSR count). The molecular formula is C29H33N7OS. The molecule has 2 N–H and O–H groups in total. The maximum Gasteiger partial charge on any atom is 0.229 e. The van der Waals surface area contributed by atoms with Gasteiger partial charge in [-0.25, -0.2) is 14.2 Å². The second kappa shape index (κ2) is 9.17. The summed E-state index contributed by atoms with van der Waals surface area (Å²) in [5.41, 5.74) is 4.40. The Bertz CT molecular complexity index is 1610. The molecule has 3 aliphatic rings. The number of anilines is 2. The van der Waals surface area contributed by atoms with E-state index < -0.39 is 9.73 Å². The first-order chi connectivity index (χ1) is 18.4. The summed E-state index contributed by atoms with van der Waals surface area (Å²) >= 11 is 0. The zero-order valence-corrected chi connectivity index (χ0v) is 22.6. The molecule has 3 aromatic heterocycles. The van der Waals surface area contributed by atoms with Gasteiger partial charge in [0.15, 0.2) is 11.5 Å². The SMILES string of the molecule is CS(C)(=O)=Nc1cccc(-n2c(C3CC3)cc3cnc(Nc4ccc(C5CC6CCC(C5)N6)cc4)nc32)n1. The summed E-state index contributed by atoms with van der Waals surface area (Å²) in [5.74, 6) is 2.88.